The van der Waals surface area contributed by atoms with Gasteiger partial charge in [-0.1, -0.05) is 24.3 Å². The van der Waals surface area contributed by atoms with E-state index in [2.05, 4.69) is 65.7 Å². The Balaban J connectivity index is 0.000000160. The lowest BCUT2D eigenvalue weighted by molar-refractivity contribution is -0.193. The van der Waals surface area contributed by atoms with Crippen molar-refractivity contribution in [1.29, 1.82) is 0 Å². The van der Waals surface area contributed by atoms with Gasteiger partial charge in [0.15, 0.2) is 0 Å². The number of ketones is 2. The van der Waals surface area contributed by atoms with E-state index in [1.807, 2.05) is 28.7 Å². The summed E-state index contributed by atoms with van der Waals surface area (Å²) >= 11 is 3.72. The number of halogens is 8. The topological polar surface area (TPSA) is 168 Å². The third-order valence-electron chi connectivity index (χ3n) is 14.2. The first-order valence-corrected chi connectivity index (χ1v) is 28.8. The first-order chi connectivity index (χ1) is 36.2. The van der Waals surface area contributed by atoms with Crippen molar-refractivity contribution < 1.29 is 57.3 Å². The summed E-state index contributed by atoms with van der Waals surface area (Å²) in [7, 11) is -3.51. The number of thiophene rings is 2. The number of anilines is 2. The minimum Gasteiger partial charge on any atom is -0.364 e. The lowest BCUT2D eigenvalue weighted by Crippen LogP contribution is -2.48. The SMILES string of the molecule is CC(OS(C)(=O)=O)c1cccc(F)c1.CC(c1cccc(F)c1)N1CCC(C)(Nc2ncnc3sc4c(c23)CCCC4)CC1.CC1(Nc2ncnc3sc4c(c23)CCCC4)CCNCC1.O=C(C(=O)C(F)(F)F)C(F)(F)F. The van der Waals surface area contributed by atoms with E-state index >= 15 is 0 Å². The van der Waals surface area contributed by atoms with Gasteiger partial charge in [-0.15, -0.1) is 22.7 Å². The van der Waals surface area contributed by atoms with Crippen LogP contribution in [0.5, 0.6) is 0 Å². The molecule has 0 bridgehead atoms. The highest BCUT2D eigenvalue weighted by Crippen LogP contribution is 2.42. The molecule has 2 saturated heterocycles. The molecule has 2 aliphatic heterocycles. The number of fused-ring (bicyclic) bond motifs is 6. The largest absolute Gasteiger partial charge is 0.458 e. The molecule has 13 nitrogen and oxygen atoms in total. The zero-order valence-electron chi connectivity index (χ0n) is 43.3. The molecule has 77 heavy (non-hydrogen) atoms. The first-order valence-electron chi connectivity index (χ1n) is 25.4. The Kier molecular flexibility index (Phi) is 19.1. The minimum atomic E-state index is -5.77. The molecule has 10 rings (SSSR count). The van der Waals surface area contributed by atoms with Gasteiger partial charge in [0.05, 0.1) is 23.1 Å². The number of nitrogens with zero attached hydrogens (tertiary/aromatic N) is 5. The predicted molar refractivity (Wildman–Crippen MR) is 283 cm³/mol. The number of hydrogen-bond donors (Lipinski definition) is 3. The van der Waals surface area contributed by atoms with E-state index in [-0.39, 0.29) is 22.9 Å². The van der Waals surface area contributed by atoms with Gasteiger partial charge in [-0.2, -0.15) is 34.8 Å². The molecular weight excluding hydrogens is 1080 g/mol. The molecule has 2 aromatic carbocycles. The lowest BCUT2D eigenvalue weighted by atomic mass is 9.88. The van der Waals surface area contributed by atoms with Crippen LogP contribution >= 0.6 is 22.7 Å². The van der Waals surface area contributed by atoms with Crippen molar-refractivity contribution in [3.8, 4) is 0 Å². The minimum absolute atomic E-state index is 0.00290. The van der Waals surface area contributed by atoms with Gasteiger partial charge in [-0.05, 0) is 164 Å². The van der Waals surface area contributed by atoms with Crippen LogP contribution in [-0.4, -0.2) is 101 Å². The molecule has 0 amide bonds. The van der Waals surface area contributed by atoms with Crippen LogP contribution in [0.1, 0.15) is 123 Å². The van der Waals surface area contributed by atoms with Gasteiger partial charge in [0.2, 0.25) is 0 Å². The quantitative estimate of drug-likeness (QED) is 0.0674. The number of nitrogens with one attached hydrogen (secondary N) is 3. The summed E-state index contributed by atoms with van der Waals surface area (Å²) in [5.41, 5.74) is 4.69. The second-order valence-electron chi connectivity index (χ2n) is 20.3. The van der Waals surface area contributed by atoms with Crippen LogP contribution in [0, 0.1) is 11.6 Å². The van der Waals surface area contributed by atoms with Crippen molar-refractivity contribution in [3.05, 3.63) is 105 Å². The molecule has 6 aromatic rings. The maximum Gasteiger partial charge on any atom is 0.458 e. The molecule has 0 spiro atoms. The van der Waals surface area contributed by atoms with Crippen LogP contribution in [0.25, 0.3) is 20.4 Å². The summed E-state index contributed by atoms with van der Waals surface area (Å²) in [6.45, 7) is 12.5. The lowest BCUT2D eigenvalue weighted by Gasteiger charge is -2.42. The molecule has 2 unspecified atom stereocenters. The number of Topliss-reactive ketones (excluding diaryl/α,β-unsaturated/α-hetero) is 2. The summed E-state index contributed by atoms with van der Waals surface area (Å²) in [5.74, 6) is -5.32. The number of carbonyl (C=O) groups is 2. The van der Waals surface area contributed by atoms with E-state index in [0.29, 0.717) is 5.56 Å². The van der Waals surface area contributed by atoms with Crippen LogP contribution in [-0.2, 0) is 49.6 Å². The average Bonchev–Trinajstić information content (AvgIpc) is 3.97. The highest BCUT2D eigenvalue weighted by molar-refractivity contribution is 7.86. The molecule has 2 aliphatic carbocycles. The Morgan fingerprint density at radius 2 is 1.10 bits per heavy atom. The van der Waals surface area contributed by atoms with Crippen molar-refractivity contribution in [1.82, 2.24) is 30.2 Å². The Labute approximate surface area is 450 Å². The number of benzene rings is 2. The summed E-state index contributed by atoms with van der Waals surface area (Å²) in [6, 6.07) is 12.9. The maximum atomic E-state index is 13.6. The number of piperidine rings is 2. The standard InChI is InChI=1S/C24H29FN4S.C16H22N4S.C9H11FO3S.C4F6O2/c1-16(17-6-5-7-18(25)14-17)29-12-10-24(2,11-13-29)28-22-21-19-8-3-4-9-20(19)30-23(21)27-15-26-22;1-16(6-8-17-9-7-16)20-14-13-11-4-2-3-5-12(11)21-15(13)19-10-18-14;1-7(13-14(2,11)12)8-4-3-5-9(10)6-8;5-3(6,7)1(11)2(12)4(8,9)10/h5-7,14-16H,3-4,8-13H2,1-2H3,(H,26,27,28);10,17H,2-9H2,1H3,(H,18,19,20);3-7H,1-2H3;. The molecule has 418 valence electrons. The van der Waals surface area contributed by atoms with E-state index in [9.17, 15) is 53.1 Å². The van der Waals surface area contributed by atoms with Crippen molar-refractivity contribution >= 4 is 76.4 Å². The Bertz CT molecular complexity index is 3110. The number of aryl methyl sites for hydroxylation is 4. The fourth-order valence-electron chi connectivity index (χ4n) is 9.89. The molecule has 0 radical (unpaired) electrons. The smallest absolute Gasteiger partial charge is 0.364 e. The highest BCUT2D eigenvalue weighted by atomic mass is 32.2. The van der Waals surface area contributed by atoms with Crippen LogP contribution in [0.3, 0.4) is 0 Å². The summed E-state index contributed by atoms with van der Waals surface area (Å²) in [5, 5.41) is 13.6. The number of alkyl halides is 6. The number of rotatable bonds is 10. The monoisotopic (exact) mass is 1140 g/mol. The molecule has 3 N–H and O–H groups in total. The van der Waals surface area contributed by atoms with Crippen molar-refractivity contribution in [2.24, 2.45) is 0 Å². The van der Waals surface area contributed by atoms with Crippen LogP contribution in [0.15, 0.2) is 61.2 Å². The fourth-order valence-corrected chi connectivity index (χ4v) is 13.0. The summed E-state index contributed by atoms with van der Waals surface area (Å²) in [6.07, 6.45) is 6.43. The van der Waals surface area contributed by atoms with Gasteiger partial charge in [-0.25, -0.2) is 28.7 Å². The van der Waals surface area contributed by atoms with Crippen LogP contribution in [0.4, 0.5) is 46.8 Å². The number of hydrogen-bond acceptors (Lipinski definition) is 15. The molecule has 4 aliphatic rings. The normalized spacial score (nSPS) is 18.1. The third-order valence-corrected chi connectivity index (χ3v) is 17.2. The van der Waals surface area contributed by atoms with E-state index < -0.39 is 46.0 Å². The molecule has 6 heterocycles. The zero-order valence-corrected chi connectivity index (χ0v) is 45.7. The predicted octanol–water partition coefficient (Wildman–Crippen LogP) is 12.0. The van der Waals surface area contributed by atoms with E-state index in [1.54, 1.807) is 37.8 Å². The molecule has 24 heteroatoms. The van der Waals surface area contributed by atoms with Crippen molar-refractivity contribution in [3.63, 3.8) is 0 Å². The van der Waals surface area contributed by atoms with Crippen molar-refractivity contribution in [2.75, 3.05) is 43.1 Å². The summed E-state index contributed by atoms with van der Waals surface area (Å²) in [4.78, 5) is 45.4. The molecule has 2 atom stereocenters. The second-order valence-corrected chi connectivity index (χ2v) is 24.0. The average molecular weight is 1140 g/mol. The van der Waals surface area contributed by atoms with Gasteiger partial charge >= 0.3 is 23.9 Å². The number of carbonyl (C=O) groups excluding carboxylic acids is 2. The Hall–Kier alpha value is -5.27. The van der Waals surface area contributed by atoms with Gasteiger partial charge in [0, 0.05) is 40.0 Å². The van der Waals surface area contributed by atoms with Gasteiger partial charge in [-0.3, -0.25) is 18.7 Å². The molecule has 4 aromatic heterocycles. The molecule has 0 saturated carbocycles. The third kappa shape index (κ3) is 15.7. The van der Waals surface area contributed by atoms with Gasteiger partial charge < -0.3 is 16.0 Å². The van der Waals surface area contributed by atoms with E-state index in [0.717, 1.165) is 91.4 Å². The van der Waals surface area contributed by atoms with E-state index in [4.69, 9.17) is 0 Å². The second kappa shape index (κ2) is 24.8. The summed E-state index contributed by atoms with van der Waals surface area (Å²) < 4.78 is 120. The first kappa shape index (κ1) is 59.4. The molecule has 2 fully saturated rings. The van der Waals surface area contributed by atoms with Crippen molar-refractivity contribution in [2.45, 2.75) is 140 Å². The van der Waals surface area contributed by atoms with Crippen LogP contribution < -0.4 is 16.0 Å². The highest BCUT2D eigenvalue weighted by Gasteiger charge is 2.54. The Morgan fingerprint density at radius 1 is 0.675 bits per heavy atom. The Morgan fingerprint density at radius 3 is 1.55 bits per heavy atom. The van der Waals surface area contributed by atoms with Gasteiger partial charge in [0.25, 0.3) is 10.1 Å². The van der Waals surface area contributed by atoms with Crippen LogP contribution in [0.2, 0.25) is 0 Å². The fraction of sp³-hybridized carbons (Fsp3) is 0.509. The number of aromatic nitrogens is 4. The van der Waals surface area contributed by atoms with Gasteiger partial charge in [0.1, 0.15) is 45.6 Å². The molecular formula is C53H62F8N8O5S3. The maximum absolute atomic E-state index is 13.6. The zero-order chi connectivity index (χ0) is 55.9. The van der Waals surface area contributed by atoms with E-state index in [1.165, 1.54) is 101 Å². The number of likely N-dealkylation sites (tertiary alicyclic amines) is 1.